The summed E-state index contributed by atoms with van der Waals surface area (Å²) in [6.45, 7) is 0.974. The van der Waals surface area contributed by atoms with E-state index in [0.717, 1.165) is 16.6 Å². The lowest BCUT2D eigenvalue weighted by molar-refractivity contribution is 0.301. The molecule has 0 aliphatic heterocycles. The third kappa shape index (κ3) is 4.32. The maximum absolute atomic E-state index is 12.0. The van der Waals surface area contributed by atoms with Crippen molar-refractivity contribution in [3.63, 3.8) is 0 Å². The lowest BCUT2D eigenvalue weighted by Gasteiger charge is -2.09. The van der Waals surface area contributed by atoms with E-state index in [1.54, 1.807) is 12.1 Å². The average Bonchev–Trinajstić information content (AvgIpc) is 2.59. The predicted octanol–water partition coefficient (Wildman–Crippen LogP) is 4.23. The second-order valence-electron chi connectivity index (χ2n) is 5.48. The highest BCUT2D eigenvalue weighted by atomic mass is 79.9. The first-order valence-electron chi connectivity index (χ1n) is 7.76. The summed E-state index contributed by atoms with van der Waals surface area (Å²) in [4.78, 5) is 23.8. The van der Waals surface area contributed by atoms with Gasteiger partial charge in [0.15, 0.2) is 0 Å². The number of nitrogens with zero attached hydrogens (tertiary/aromatic N) is 1. The van der Waals surface area contributed by atoms with Gasteiger partial charge in [-0.1, -0.05) is 27.5 Å². The monoisotopic (exact) mass is 423 g/mol. The summed E-state index contributed by atoms with van der Waals surface area (Å²) in [7, 11) is 0. The molecule has 0 aliphatic rings. The van der Waals surface area contributed by atoms with Gasteiger partial charge >= 0.3 is 11.4 Å². The molecule has 2 aromatic carbocycles. The molecule has 0 bridgehead atoms. The zero-order chi connectivity index (χ0) is 17.8. The molecular weight excluding hydrogens is 410 g/mol. The van der Waals surface area contributed by atoms with E-state index >= 15 is 0 Å². The Morgan fingerprint density at radius 2 is 1.84 bits per heavy atom. The van der Waals surface area contributed by atoms with Gasteiger partial charge in [-0.05, 0) is 55.3 Å². The van der Waals surface area contributed by atoms with Crippen LogP contribution in [0, 0.1) is 0 Å². The van der Waals surface area contributed by atoms with Crippen molar-refractivity contribution in [3.8, 4) is 5.75 Å². The number of unbranched alkanes of at least 4 members (excludes halogenated alkanes) is 1. The highest BCUT2D eigenvalue weighted by Gasteiger charge is 2.09. The Hall–Kier alpha value is -2.05. The van der Waals surface area contributed by atoms with Gasteiger partial charge in [-0.15, -0.1) is 0 Å². The van der Waals surface area contributed by atoms with Crippen molar-refractivity contribution in [2.45, 2.75) is 19.4 Å². The minimum Gasteiger partial charge on any atom is -0.494 e. The van der Waals surface area contributed by atoms with E-state index in [1.165, 1.54) is 10.6 Å². The van der Waals surface area contributed by atoms with Gasteiger partial charge in [-0.3, -0.25) is 4.57 Å². The number of rotatable bonds is 6. The molecule has 130 valence electrons. The third-order valence-corrected chi connectivity index (χ3v) is 4.49. The Labute approximate surface area is 156 Å². The van der Waals surface area contributed by atoms with Gasteiger partial charge < -0.3 is 9.15 Å². The minimum absolute atomic E-state index is 0.304. The zero-order valence-electron chi connectivity index (χ0n) is 13.2. The van der Waals surface area contributed by atoms with Gasteiger partial charge in [0.2, 0.25) is 0 Å². The first-order valence-corrected chi connectivity index (χ1v) is 8.93. The number of benzene rings is 2. The normalized spacial score (nSPS) is 11.0. The number of hydrogen-bond acceptors (Lipinski definition) is 4. The lowest BCUT2D eigenvalue weighted by atomic mass is 10.2. The van der Waals surface area contributed by atoms with E-state index in [9.17, 15) is 9.59 Å². The summed E-state index contributed by atoms with van der Waals surface area (Å²) < 4.78 is 12.9. The molecule has 0 saturated heterocycles. The van der Waals surface area contributed by atoms with Crippen LogP contribution in [0.1, 0.15) is 12.8 Å². The van der Waals surface area contributed by atoms with Gasteiger partial charge in [0, 0.05) is 16.0 Å². The molecule has 7 heteroatoms. The van der Waals surface area contributed by atoms with Crippen LogP contribution in [0.15, 0.2) is 60.9 Å². The molecule has 0 saturated carbocycles. The van der Waals surface area contributed by atoms with Crippen LogP contribution in [0.25, 0.3) is 10.9 Å². The largest absolute Gasteiger partial charge is 0.494 e. The Morgan fingerprint density at radius 1 is 1.08 bits per heavy atom. The summed E-state index contributed by atoms with van der Waals surface area (Å²) in [5, 5.41) is 0.728. The quantitative estimate of drug-likeness (QED) is 0.556. The fraction of sp³-hybridized carbons (Fsp3) is 0.222. The van der Waals surface area contributed by atoms with Crippen molar-refractivity contribution in [2.75, 3.05) is 6.61 Å². The Kier molecular flexibility index (Phi) is 5.60. The van der Waals surface area contributed by atoms with Crippen molar-refractivity contribution in [2.24, 2.45) is 0 Å². The summed E-state index contributed by atoms with van der Waals surface area (Å²) in [5.41, 5.74) is -0.142. The smallest absolute Gasteiger partial charge is 0.422 e. The molecule has 25 heavy (non-hydrogen) atoms. The van der Waals surface area contributed by atoms with Crippen LogP contribution in [0.2, 0.25) is 5.02 Å². The zero-order valence-corrected chi connectivity index (χ0v) is 15.5. The van der Waals surface area contributed by atoms with Crippen molar-refractivity contribution in [1.82, 2.24) is 4.57 Å². The topological polar surface area (TPSA) is 61.4 Å². The first-order chi connectivity index (χ1) is 12.0. The van der Waals surface area contributed by atoms with E-state index < -0.39 is 11.4 Å². The molecule has 0 unspecified atom stereocenters. The molecular formula is C18H15BrClNO4. The van der Waals surface area contributed by atoms with Crippen LogP contribution >= 0.6 is 27.5 Å². The highest BCUT2D eigenvalue weighted by Crippen LogP contribution is 2.17. The van der Waals surface area contributed by atoms with E-state index in [0.29, 0.717) is 35.5 Å². The maximum atomic E-state index is 12.0. The Balaban J connectivity index is 1.64. The van der Waals surface area contributed by atoms with E-state index in [2.05, 4.69) is 15.9 Å². The molecule has 0 atom stereocenters. The second kappa shape index (κ2) is 7.89. The third-order valence-electron chi connectivity index (χ3n) is 3.73. The van der Waals surface area contributed by atoms with Crippen LogP contribution in [-0.4, -0.2) is 11.2 Å². The molecule has 1 aromatic heterocycles. The number of aromatic nitrogens is 1. The molecule has 0 radical (unpaired) electrons. The van der Waals surface area contributed by atoms with Crippen molar-refractivity contribution in [3.05, 3.63) is 72.9 Å². The SMILES string of the molecule is O=c1oc(=O)n(CCCCOc2ccc(Br)cc2)c2ccc(Cl)cc12. The minimum atomic E-state index is -0.669. The van der Waals surface area contributed by atoms with Gasteiger partial charge in [0.1, 0.15) is 5.75 Å². The standard InChI is InChI=1S/C18H15BrClNO4/c19-12-3-6-14(7-4-12)24-10-2-1-9-21-16-8-5-13(20)11-15(16)17(22)25-18(21)23/h3-8,11H,1-2,9-10H2. The first kappa shape index (κ1) is 17.8. The molecule has 3 aromatic rings. The number of halogens is 2. The van der Waals surface area contributed by atoms with Crippen LogP contribution in [0.4, 0.5) is 0 Å². The molecule has 0 N–H and O–H groups in total. The summed E-state index contributed by atoms with van der Waals surface area (Å²) in [6.07, 6.45) is 1.47. The lowest BCUT2D eigenvalue weighted by Crippen LogP contribution is -2.25. The Bertz CT molecular complexity index is 995. The Morgan fingerprint density at radius 3 is 2.60 bits per heavy atom. The number of hydrogen-bond donors (Lipinski definition) is 0. The van der Waals surface area contributed by atoms with E-state index in [4.69, 9.17) is 20.8 Å². The predicted molar refractivity (Wildman–Crippen MR) is 101 cm³/mol. The number of aryl methyl sites for hydroxylation is 1. The van der Waals surface area contributed by atoms with Gasteiger partial charge in [-0.2, -0.15) is 0 Å². The number of fused-ring (bicyclic) bond motifs is 1. The molecule has 0 amide bonds. The number of ether oxygens (including phenoxy) is 1. The fourth-order valence-corrected chi connectivity index (χ4v) is 2.94. The van der Waals surface area contributed by atoms with Crippen LogP contribution in [0.5, 0.6) is 5.75 Å². The average molecular weight is 425 g/mol. The summed E-state index contributed by atoms with van der Waals surface area (Å²) in [5.74, 6) is 0.139. The molecule has 0 spiro atoms. The second-order valence-corrected chi connectivity index (χ2v) is 6.83. The van der Waals surface area contributed by atoms with Gasteiger partial charge in [0.25, 0.3) is 0 Å². The highest BCUT2D eigenvalue weighted by molar-refractivity contribution is 9.10. The molecule has 0 aliphatic carbocycles. The maximum Gasteiger partial charge on any atom is 0.422 e. The molecule has 5 nitrogen and oxygen atoms in total. The fourth-order valence-electron chi connectivity index (χ4n) is 2.50. The van der Waals surface area contributed by atoms with Crippen LogP contribution in [0.3, 0.4) is 0 Å². The summed E-state index contributed by atoms with van der Waals surface area (Å²) >= 11 is 9.28. The van der Waals surface area contributed by atoms with E-state index in [-0.39, 0.29) is 0 Å². The van der Waals surface area contributed by atoms with Crippen molar-refractivity contribution >= 4 is 38.4 Å². The molecule has 3 rings (SSSR count). The van der Waals surface area contributed by atoms with Crippen molar-refractivity contribution in [1.29, 1.82) is 0 Å². The van der Waals surface area contributed by atoms with E-state index in [1.807, 2.05) is 24.3 Å². The van der Waals surface area contributed by atoms with Gasteiger partial charge in [-0.25, -0.2) is 9.59 Å². The van der Waals surface area contributed by atoms with Gasteiger partial charge in [0.05, 0.1) is 17.5 Å². The molecule has 1 heterocycles. The molecule has 0 fully saturated rings. The van der Waals surface area contributed by atoms with Crippen LogP contribution in [-0.2, 0) is 6.54 Å². The van der Waals surface area contributed by atoms with Crippen LogP contribution < -0.4 is 16.1 Å². The summed E-state index contributed by atoms with van der Waals surface area (Å²) in [6, 6.07) is 12.4. The van der Waals surface area contributed by atoms with Crippen molar-refractivity contribution < 1.29 is 9.15 Å².